The molecule has 0 saturated heterocycles. The zero-order valence-electron chi connectivity index (χ0n) is 38.4. The number of hydrogen-bond acceptors (Lipinski definition) is 4. The van der Waals surface area contributed by atoms with Crippen molar-refractivity contribution in [2.75, 3.05) is 16.5 Å². The van der Waals surface area contributed by atoms with Crippen LogP contribution in [0.2, 0.25) is 0 Å². The van der Waals surface area contributed by atoms with Crippen LogP contribution in [0.1, 0.15) is 63.8 Å². The van der Waals surface area contributed by atoms with E-state index in [0.29, 0.717) is 6.67 Å². The molecule has 4 heteroatoms. The van der Waals surface area contributed by atoms with Gasteiger partial charge in [0.1, 0.15) is 6.67 Å². The van der Waals surface area contributed by atoms with Crippen molar-refractivity contribution in [1.29, 1.82) is 0 Å². The predicted molar refractivity (Wildman–Crippen MR) is 275 cm³/mol. The average Bonchev–Trinajstić information content (AvgIpc) is 3.70. The van der Waals surface area contributed by atoms with Gasteiger partial charge in [0.05, 0.1) is 11.0 Å². The van der Waals surface area contributed by atoms with Crippen LogP contribution >= 0.6 is 0 Å². The van der Waals surface area contributed by atoms with Crippen molar-refractivity contribution in [2.24, 2.45) is 0 Å². The Hall–Kier alpha value is -7.30. The molecule has 320 valence electrons. The van der Waals surface area contributed by atoms with Crippen LogP contribution in [-0.4, -0.2) is 16.6 Å². The summed E-state index contributed by atoms with van der Waals surface area (Å²) in [7, 11) is 0. The number of benzene rings is 8. The van der Waals surface area contributed by atoms with Gasteiger partial charge >= 0.3 is 0 Å². The van der Waals surface area contributed by atoms with Crippen LogP contribution in [-0.2, 0) is 23.7 Å². The van der Waals surface area contributed by atoms with Crippen LogP contribution < -0.4 is 9.80 Å². The van der Waals surface area contributed by atoms with Crippen LogP contribution in [0.5, 0.6) is 0 Å². The maximum atomic E-state index is 5.18. The molecule has 0 N–H and O–H groups in total. The Morgan fingerprint density at radius 3 is 1.40 bits per heavy atom. The summed E-state index contributed by atoms with van der Waals surface area (Å²) in [6.45, 7) is 14.4. The van der Waals surface area contributed by atoms with Gasteiger partial charge in [0.25, 0.3) is 0 Å². The van der Waals surface area contributed by atoms with Crippen LogP contribution in [0.4, 0.5) is 23.0 Å². The smallest absolute Gasteiger partial charge is 0.179 e. The van der Waals surface area contributed by atoms with Crippen molar-refractivity contribution in [3.05, 3.63) is 216 Å². The second-order valence-electron chi connectivity index (χ2n) is 19.5. The van der Waals surface area contributed by atoms with E-state index in [9.17, 15) is 0 Å². The van der Waals surface area contributed by atoms with Gasteiger partial charge < -0.3 is 9.80 Å². The SMILES string of the molecule is CC(C)(C)c1cccc(CCc2cc(-c3ccccc3-c3ccc(N4CN(c5ccccc5)c5nc6ccccc6nc54)cc3)cc(-c3ccccc3-c3cccc(C(C)(C)C)c3)c2)c1. The van der Waals surface area contributed by atoms with E-state index in [1.54, 1.807) is 0 Å². The fourth-order valence-corrected chi connectivity index (χ4v) is 9.21. The van der Waals surface area contributed by atoms with E-state index in [4.69, 9.17) is 9.97 Å². The van der Waals surface area contributed by atoms with Crippen molar-refractivity contribution in [3.63, 3.8) is 0 Å². The van der Waals surface area contributed by atoms with E-state index in [2.05, 4.69) is 221 Å². The second kappa shape index (κ2) is 17.0. The number of rotatable bonds is 9. The average molecular weight is 845 g/mol. The molecule has 0 amide bonds. The number of aromatic nitrogens is 2. The fraction of sp³-hybridized carbons (Fsp3) is 0.180. The molecule has 2 heterocycles. The highest BCUT2D eigenvalue weighted by atomic mass is 15.4. The van der Waals surface area contributed by atoms with E-state index < -0.39 is 0 Å². The molecule has 0 spiro atoms. The molecule has 1 aromatic heterocycles. The largest absolute Gasteiger partial charge is 0.305 e. The van der Waals surface area contributed by atoms with Gasteiger partial charge in [0.2, 0.25) is 0 Å². The number of nitrogens with zero attached hydrogens (tertiary/aromatic N) is 4. The minimum absolute atomic E-state index is 0.0503. The Labute approximate surface area is 384 Å². The van der Waals surface area contributed by atoms with Gasteiger partial charge in [-0.05, 0) is 133 Å². The van der Waals surface area contributed by atoms with Gasteiger partial charge in [-0.3, -0.25) is 0 Å². The monoisotopic (exact) mass is 844 g/mol. The summed E-state index contributed by atoms with van der Waals surface area (Å²) in [5.74, 6) is 1.73. The number of para-hydroxylation sites is 3. The molecule has 65 heavy (non-hydrogen) atoms. The molecule has 0 radical (unpaired) electrons. The van der Waals surface area contributed by atoms with E-state index >= 15 is 0 Å². The first-order valence-electron chi connectivity index (χ1n) is 23.0. The highest BCUT2D eigenvalue weighted by Gasteiger charge is 2.32. The molecule has 0 aliphatic carbocycles. The van der Waals surface area contributed by atoms with Gasteiger partial charge in [-0.2, -0.15) is 0 Å². The molecule has 1 aliphatic heterocycles. The van der Waals surface area contributed by atoms with Gasteiger partial charge in [-0.15, -0.1) is 0 Å². The van der Waals surface area contributed by atoms with Crippen LogP contribution in [0, 0.1) is 0 Å². The van der Waals surface area contributed by atoms with E-state index in [0.717, 1.165) is 46.9 Å². The molecular formula is C61H56N4. The van der Waals surface area contributed by atoms with E-state index in [-0.39, 0.29) is 10.8 Å². The molecule has 9 aromatic rings. The topological polar surface area (TPSA) is 32.3 Å². The lowest BCUT2D eigenvalue weighted by Crippen LogP contribution is -2.24. The molecule has 8 aromatic carbocycles. The van der Waals surface area contributed by atoms with Crippen molar-refractivity contribution < 1.29 is 0 Å². The highest BCUT2D eigenvalue weighted by molar-refractivity contribution is 5.91. The molecule has 10 rings (SSSR count). The number of fused-ring (bicyclic) bond motifs is 2. The van der Waals surface area contributed by atoms with Crippen molar-refractivity contribution in [2.45, 2.75) is 65.2 Å². The van der Waals surface area contributed by atoms with Gasteiger partial charge in [0.15, 0.2) is 11.6 Å². The number of aryl methyl sites for hydroxylation is 2. The molecule has 0 saturated carbocycles. The molecule has 0 bridgehead atoms. The van der Waals surface area contributed by atoms with Crippen molar-refractivity contribution >= 4 is 34.0 Å². The standard InChI is InChI=1S/C61H56N4/c1-60(2,3)48-20-16-18-42(38-48)30-31-43-36-46(39-47(37-43)55-27-13-11-25-53(55)45-19-17-21-49(40-45)61(4,5)6)54-26-12-10-24-52(54)44-32-34-51(35-33-44)65-41-64(50-22-8-7-9-23-50)58-59(65)63-57-29-15-14-28-56(57)62-58/h7-29,32-40H,30-31,41H2,1-6H3. The second-order valence-corrected chi connectivity index (χ2v) is 19.5. The van der Waals surface area contributed by atoms with Crippen LogP contribution in [0.25, 0.3) is 55.5 Å². The molecule has 0 atom stereocenters. The van der Waals surface area contributed by atoms with Crippen molar-refractivity contribution in [1.82, 2.24) is 9.97 Å². The number of hydrogen-bond donors (Lipinski definition) is 0. The molecule has 4 nitrogen and oxygen atoms in total. The molecule has 1 aliphatic rings. The molecule has 0 unspecified atom stereocenters. The van der Waals surface area contributed by atoms with E-state index in [1.807, 2.05) is 24.3 Å². The summed E-state index contributed by atoms with van der Waals surface area (Å²) in [6.07, 6.45) is 1.90. The first kappa shape index (κ1) is 41.7. The Morgan fingerprint density at radius 2 is 0.831 bits per heavy atom. The normalized spacial score (nSPS) is 12.8. The third kappa shape index (κ3) is 8.57. The summed E-state index contributed by atoms with van der Waals surface area (Å²) in [6, 6.07) is 70.9. The highest BCUT2D eigenvalue weighted by Crippen LogP contribution is 2.44. The third-order valence-electron chi connectivity index (χ3n) is 12.9. The lowest BCUT2D eigenvalue weighted by molar-refractivity contribution is 0.589. The lowest BCUT2D eigenvalue weighted by atomic mass is 9.84. The summed E-state index contributed by atoms with van der Waals surface area (Å²) in [5, 5.41) is 0. The summed E-state index contributed by atoms with van der Waals surface area (Å²) >= 11 is 0. The maximum absolute atomic E-state index is 5.18. The molecular weight excluding hydrogens is 789 g/mol. The quantitative estimate of drug-likeness (QED) is 0.145. The first-order chi connectivity index (χ1) is 31.5. The van der Waals surface area contributed by atoms with Crippen molar-refractivity contribution in [3.8, 4) is 44.5 Å². The van der Waals surface area contributed by atoms with Gasteiger partial charge in [-0.25, -0.2) is 9.97 Å². The Bertz CT molecular complexity index is 3150. The van der Waals surface area contributed by atoms with E-state index in [1.165, 1.54) is 66.8 Å². The zero-order valence-corrected chi connectivity index (χ0v) is 38.4. The molecule has 0 fully saturated rings. The zero-order chi connectivity index (χ0) is 44.7. The van der Waals surface area contributed by atoms with Gasteiger partial charge in [0, 0.05) is 11.4 Å². The lowest BCUT2D eigenvalue weighted by Gasteiger charge is -2.21. The summed E-state index contributed by atoms with van der Waals surface area (Å²) < 4.78 is 0. The fourth-order valence-electron chi connectivity index (χ4n) is 9.21. The summed E-state index contributed by atoms with van der Waals surface area (Å²) in [5.41, 5.74) is 19.2. The maximum Gasteiger partial charge on any atom is 0.179 e. The Morgan fingerprint density at radius 1 is 0.369 bits per heavy atom. The first-order valence-corrected chi connectivity index (χ1v) is 23.0. The minimum atomic E-state index is 0.0503. The number of anilines is 4. The Kier molecular flexibility index (Phi) is 10.9. The minimum Gasteiger partial charge on any atom is -0.305 e. The van der Waals surface area contributed by atoms with Gasteiger partial charge in [-0.1, -0.05) is 193 Å². The Balaban J connectivity index is 1.04. The third-order valence-corrected chi connectivity index (χ3v) is 12.9. The van der Waals surface area contributed by atoms with Crippen LogP contribution in [0.3, 0.4) is 0 Å². The summed E-state index contributed by atoms with van der Waals surface area (Å²) in [4.78, 5) is 14.8. The predicted octanol–water partition coefficient (Wildman–Crippen LogP) is 15.9. The van der Waals surface area contributed by atoms with Crippen LogP contribution in [0.15, 0.2) is 194 Å².